The summed E-state index contributed by atoms with van der Waals surface area (Å²) in [5.74, 6) is 1.77. The van der Waals surface area contributed by atoms with Crippen molar-refractivity contribution in [2.24, 2.45) is 0 Å². The molecule has 0 amide bonds. The molecule has 6 aromatic carbocycles. The molecule has 2 nitrogen and oxygen atoms in total. The van der Waals surface area contributed by atoms with Crippen molar-refractivity contribution in [2.75, 3.05) is 0 Å². The van der Waals surface area contributed by atoms with Gasteiger partial charge in [-0.3, -0.25) is 0 Å². The van der Waals surface area contributed by atoms with Crippen LogP contribution in [-0.4, -0.2) is 0 Å². The van der Waals surface area contributed by atoms with Crippen molar-refractivity contribution in [3.63, 3.8) is 0 Å². The summed E-state index contributed by atoms with van der Waals surface area (Å²) in [5, 5.41) is 0. The van der Waals surface area contributed by atoms with E-state index in [2.05, 4.69) is 120 Å². The van der Waals surface area contributed by atoms with Crippen molar-refractivity contribution >= 4 is 5.69 Å². The van der Waals surface area contributed by atoms with Gasteiger partial charge in [-0.1, -0.05) is 140 Å². The second-order valence-electron chi connectivity index (χ2n) is 10.0. The quantitative estimate of drug-likeness (QED) is 0.214. The van der Waals surface area contributed by atoms with Gasteiger partial charge in [0.2, 0.25) is 0 Å². The van der Waals surface area contributed by atoms with Crippen LogP contribution in [0.4, 0.5) is 5.69 Å². The summed E-state index contributed by atoms with van der Waals surface area (Å²) >= 11 is 0. The molecule has 0 fully saturated rings. The maximum Gasteiger partial charge on any atom is 0.187 e. The lowest BCUT2D eigenvalue weighted by atomic mass is 9.63. The van der Waals surface area contributed by atoms with E-state index in [1.165, 1.54) is 11.1 Å². The van der Waals surface area contributed by atoms with Crippen LogP contribution in [0.3, 0.4) is 0 Å². The molecule has 6 aromatic rings. The third-order valence-corrected chi connectivity index (χ3v) is 7.87. The average Bonchev–Trinajstić information content (AvgIpc) is 3.04. The molecule has 40 heavy (non-hydrogen) atoms. The van der Waals surface area contributed by atoms with Crippen LogP contribution in [0.1, 0.15) is 22.3 Å². The van der Waals surface area contributed by atoms with Gasteiger partial charge in [0.25, 0.3) is 0 Å². The van der Waals surface area contributed by atoms with E-state index in [4.69, 9.17) is 11.3 Å². The Morgan fingerprint density at radius 3 is 1.32 bits per heavy atom. The Morgan fingerprint density at radius 1 is 0.425 bits per heavy atom. The first-order valence-electron chi connectivity index (χ1n) is 13.4. The normalized spacial score (nSPS) is 12.9. The molecule has 0 bridgehead atoms. The van der Waals surface area contributed by atoms with E-state index in [1.54, 1.807) is 0 Å². The van der Waals surface area contributed by atoms with Crippen molar-refractivity contribution < 1.29 is 4.74 Å². The topological polar surface area (TPSA) is 13.6 Å². The molecule has 0 spiro atoms. The predicted molar refractivity (Wildman–Crippen MR) is 162 cm³/mol. The number of nitrogens with zero attached hydrogens (tertiary/aromatic N) is 1. The first-order valence-corrected chi connectivity index (χ1v) is 13.4. The van der Waals surface area contributed by atoms with Crippen LogP contribution < -0.4 is 4.74 Å². The molecule has 0 N–H and O–H groups in total. The summed E-state index contributed by atoms with van der Waals surface area (Å²) in [4.78, 5) is 3.49. The summed E-state index contributed by atoms with van der Waals surface area (Å²) in [5.41, 5.74) is 9.40. The van der Waals surface area contributed by atoms with Gasteiger partial charge in [-0.05, 0) is 45.5 Å². The minimum atomic E-state index is -0.507. The Balaban J connectivity index is 1.34. The number of para-hydroxylation sites is 2. The lowest BCUT2D eigenvalue weighted by Gasteiger charge is -2.41. The minimum Gasteiger partial charge on any atom is -0.457 e. The van der Waals surface area contributed by atoms with Crippen LogP contribution in [0.5, 0.6) is 11.5 Å². The van der Waals surface area contributed by atoms with Crippen molar-refractivity contribution in [1.82, 2.24) is 0 Å². The van der Waals surface area contributed by atoms with Crippen LogP contribution in [0.15, 0.2) is 152 Å². The third-order valence-electron chi connectivity index (χ3n) is 7.87. The molecule has 1 aliphatic heterocycles. The Labute approximate surface area is 234 Å². The number of hydrogen-bond donors (Lipinski definition) is 0. The van der Waals surface area contributed by atoms with Gasteiger partial charge in [0, 0.05) is 11.1 Å². The van der Waals surface area contributed by atoms with Gasteiger partial charge < -0.3 is 4.74 Å². The van der Waals surface area contributed by atoms with Crippen molar-refractivity contribution in [3.8, 4) is 33.8 Å². The Hall–Kier alpha value is -5.39. The summed E-state index contributed by atoms with van der Waals surface area (Å²) in [6.07, 6.45) is 0. The summed E-state index contributed by atoms with van der Waals surface area (Å²) in [6.45, 7) is 7.17. The molecule has 0 radical (unpaired) electrons. The number of ether oxygens (including phenoxy) is 1. The van der Waals surface area contributed by atoms with Crippen molar-refractivity contribution in [3.05, 3.63) is 185 Å². The van der Waals surface area contributed by atoms with Crippen molar-refractivity contribution in [2.45, 2.75) is 5.41 Å². The van der Waals surface area contributed by atoms with Crippen LogP contribution >= 0.6 is 0 Å². The molecule has 1 heterocycles. The number of hydrogen-bond acceptors (Lipinski definition) is 1. The van der Waals surface area contributed by atoms with E-state index in [0.29, 0.717) is 5.69 Å². The second kappa shape index (κ2) is 9.73. The van der Waals surface area contributed by atoms with Crippen LogP contribution in [-0.2, 0) is 5.41 Å². The molecule has 2 heteroatoms. The first kappa shape index (κ1) is 23.7. The summed E-state index contributed by atoms with van der Waals surface area (Å²) in [7, 11) is 0. The second-order valence-corrected chi connectivity index (χ2v) is 10.0. The number of fused-ring (bicyclic) bond motifs is 2. The SMILES string of the molecule is [C-]#[N+]c1ccc(-c2ccc(-c3ccc(C4(c5ccccc5)c5ccccc5Oc5ccccc54)cc3)cc2)cc1. The van der Waals surface area contributed by atoms with Gasteiger partial charge >= 0.3 is 0 Å². The monoisotopic (exact) mass is 511 g/mol. The third kappa shape index (κ3) is 3.80. The number of benzene rings is 6. The molecule has 0 aliphatic carbocycles. The average molecular weight is 512 g/mol. The molecule has 0 unspecified atom stereocenters. The standard InChI is InChI=1S/C38H25NO/c1-39-33-25-21-30(22-26-33)28-17-15-27(16-18-28)29-19-23-32(24-20-29)38(31-9-3-2-4-10-31)34-11-5-7-13-36(34)40-37-14-8-6-12-35(37)38/h2-26H. The highest BCUT2D eigenvalue weighted by Crippen LogP contribution is 2.55. The molecule has 188 valence electrons. The zero-order chi connectivity index (χ0) is 26.9. The Kier molecular flexibility index (Phi) is 5.77. The first-order chi connectivity index (χ1) is 19.8. The van der Waals surface area contributed by atoms with E-state index < -0.39 is 5.41 Å². The zero-order valence-corrected chi connectivity index (χ0v) is 21.8. The van der Waals surface area contributed by atoms with Gasteiger partial charge in [0.15, 0.2) is 5.69 Å². The molecular weight excluding hydrogens is 486 g/mol. The molecule has 0 saturated carbocycles. The highest BCUT2D eigenvalue weighted by molar-refractivity contribution is 5.74. The largest absolute Gasteiger partial charge is 0.457 e. The summed E-state index contributed by atoms with van der Waals surface area (Å²) in [6, 6.07) is 52.8. The smallest absolute Gasteiger partial charge is 0.187 e. The van der Waals surface area contributed by atoms with E-state index in [1.807, 2.05) is 36.4 Å². The van der Waals surface area contributed by atoms with E-state index in [0.717, 1.165) is 44.9 Å². The lowest BCUT2D eigenvalue weighted by molar-refractivity contribution is 0.434. The van der Waals surface area contributed by atoms with Gasteiger partial charge in [-0.15, -0.1) is 0 Å². The fourth-order valence-electron chi connectivity index (χ4n) is 5.97. The molecular formula is C38H25NO. The van der Waals surface area contributed by atoms with Crippen LogP contribution in [0.2, 0.25) is 0 Å². The van der Waals surface area contributed by atoms with Gasteiger partial charge in [0.05, 0.1) is 12.0 Å². The fraction of sp³-hybridized carbons (Fsp3) is 0.0263. The molecule has 7 rings (SSSR count). The van der Waals surface area contributed by atoms with E-state index in [-0.39, 0.29) is 0 Å². The number of rotatable bonds is 4. The van der Waals surface area contributed by atoms with Gasteiger partial charge in [-0.25, -0.2) is 4.85 Å². The Morgan fingerprint density at radius 2 is 0.825 bits per heavy atom. The minimum absolute atomic E-state index is 0.507. The Bertz CT molecular complexity index is 1800. The molecule has 1 aliphatic rings. The van der Waals surface area contributed by atoms with E-state index in [9.17, 15) is 0 Å². The molecule has 0 atom stereocenters. The van der Waals surface area contributed by atoms with Crippen LogP contribution in [0.25, 0.3) is 27.1 Å². The molecule has 0 aromatic heterocycles. The maximum absolute atomic E-state index is 7.17. The van der Waals surface area contributed by atoms with Crippen molar-refractivity contribution in [1.29, 1.82) is 0 Å². The van der Waals surface area contributed by atoms with Gasteiger partial charge in [0.1, 0.15) is 11.5 Å². The maximum atomic E-state index is 7.17. The fourth-order valence-corrected chi connectivity index (χ4v) is 5.97. The molecule has 0 saturated heterocycles. The highest BCUT2D eigenvalue weighted by atomic mass is 16.5. The highest BCUT2D eigenvalue weighted by Gasteiger charge is 2.44. The summed E-state index contributed by atoms with van der Waals surface area (Å²) < 4.78 is 6.41. The lowest BCUT2D eigenvalue weighted by Crippen LogP contribution is -2.34. The predicted octanol–water partition coefficient (Wildman–Crippen LogP) is 10.1. The zero-order valence-electron chi connectivity index (χ0n) is 21.8. The van der Waals surface area contributed by atoms with E-state index >= 15 is 0 Å². The van der Waals surface area contributed by atoms with Gasteiger partial charge in [-0.2, -0.15) is 0 Å². The van der Waals surface area contributed by atoms with Crippen LogP contribution in [0, 0.1) is 6.57 Å².